The number of hydrogen-bond acceptors (Lipinski definition) is 2. The lowest BCUT2D eigenvalue weighted by Gasteiger charge is -2.05. The Bertz CT molecular complexity index is 221. The van der Waals surface area contributed by atoms with Gasteiger partial charge in [-0.05, 0) is 25.7 Å². The van der Waals surface area contributed by atoms with E-state index in [0.717, 1.165) is 31.4 Å². The fourth-order valence-corrected chi connectivity index (χ4v) is 3.31. The van der Waals surface area contributed by atoms with Crippen molar-refractivity contribution in [2.24, 2.45) is 5.92 Å². The van der Waals surface area contributed by atoms with E-state index in [1.54, 1.807) is 0 Å². The van der Waals surface area contributed by atoms with Gasteiger partial charge in [-0.15, -0.1) is 0 Å². The first-order valence-electron chi connectivity index (χ1n) is 4.67. The Hall–Kier alpha value is -0.180. The molecule has 3 heteroatoms. The molecule has 2 atom stereocenters. The fourth-order valence-electron chi connectivity index (χ4n) is 1.74. The van der Waals surface area contributed by atoms with Crippen molar-refractivity contribution in [3.05, 3.63) is 0 Å². The molecule has 0 bridgehead atoms. The Morgan fingerprint density at radius 3 is 2.58 bits per heavy atom. The van der Waals surface area contributed by atoms with Crippen LogP contribution in [0.5, 0.6) is 0 Å². The average molecular weight is 186 g/mol. The molecule has 2 fully saturated rings. The van der Waals surface area contributed by atoms with E-state index in [2.05, 4.69) is 0 Å². The lowest BCUT2D eigenvalue weighted by Crippen LogP contribution is -2.15. The third kappa shape index (κ3) is 1.76. The standard InChI is InChI=1S/C9H14O2S/c10-9(7-3-4-7)6-8-2-1-5-12(8)11/h7-8H,1-6H2. The molecular formula is C9H14O2S. The van der Waals surface area contributed by atoms with E-state index in [0.29, 0.717) is 18.1 Å². The average Bonchev–Trinajstić information content (AvgIpc) is 2.80. The summed E-state index contributed by atoms with van der Waals surface area (Å²) in [6.45, 7) is 0. The van der Waals surface area contributed by atoms with Crippen molar-refractivity contribution in [3.8, 4) is 0 Å². The normalized spacial score (nSPS) is 35.3. The highest BCUT2D eigenvalue weighted by Gasteiger charge is 2.33. The summed E-state index contributed by atoms with van der Waals surface area (Å²) in [5.74, 6) is 1.54. The molecule has 2 rings (SSSR count). The van der Waals surface area contributed by atoms with Crippen LogP contribution >= 0.6 is 0 Å². The third-order valence-corrected chi connectivity index (χ3v) is 4.54. The Kier molecular flexibility index (Phi) is 2.31. The molecule has 2 nitrogen and oxygen atoms in total. The van der Waals surface area contributed by atoms with Crippen molar-refractivity contribution >= 4 is 16.6 Å². The number of ketones is 1. The second kappa shape index (κ2) is 3.29. The zero-order valence-electron chi connectivity index (χ0n) is 7.12. The fraction of sp³-hybridized carbons (Fsp3) is 0.889. The predicted molar refractivity (Wildman–Crippen MR) is 48.4 cm³/mol. The molecule has 2 aliphatic rings. The third-order valence-electron chi connectivity index (χ3n) is 2.70. The molecule has 1 aliphatic heterocycles. The largest absolute Gasteiger partial charge is 0.299 e. The maximum Gasteiger partial charge on any atom is 0.137 e. The summed E-state index contributed by atoms with van der Waals surface area (Å²) in [4.78, 5) is 11.4. The van der Waals surface area contributed by atoms with E-state index in [1.807, 2.05) is 0 Å². The summed E-state index contributed by atoms with van der Waals surface area (Å²) in [6.07, 6.45) is 4.81. The Morgan fingerprint density at radius 1 is 1.33 bits per heavy atom. The van der Waals surface area contributed by atoms with Crippen LogP contribution in [0.15, 0.2) is 0 Å². The number of Topliss-reactive ketones (excluding diaryl/α,β-unsaturated/α-hetero) is 1. The van der Waals surface area contributed by atoms with Gasteiger partial charge < -0.3 is 0 Å². The molecule has 0 aromatic heterocycles. The van der Waals surface area contributed by atoms with Gasteiger partial charge in [0.15, 0.2) is 0 Å². The van der Waals surface area contributed by atoms with E-state index in [-0.39, 0.29) is 5.25 Å². The quantitative estimate of drug-likeness (QED) is 0.665. The Labute approximate surface area is 75.2 Å². The van der Waals surface area contributed by atoms with Gasteiger partial charge in [0.2, 0.25) is 0 Å². The summed E-state index contributed by atoms with van der Waals surface area (Å²) in [5, 5.41) is 0.207. The van der Waals surface area contributed by atoms with Crippen LogP contribution in [0.4, 0.5) is 0 Å². The summed E-state index contributed by atoms with van der Waals surface area (Å²) in [6, 6.07) is 0. The lowest BCUT2D eigenvalue weighted by molar-refractivity contribution is -0.120. The number of hydrogen-bond donors (Lipinski definition) is 0. The molecule has 0 N–H and O–H groups in total. The van der Waals surface area contributed by atoms with Gasteiger partial charge in [0.05, 0.1) is 0 Å². The number of carbonyl (C=O) groups excluding carboxylic acids is 1. The molecule has 0 spiro atoms. The van der Waals surface area contributed by atoms with Crippen LogP contribution in [0.3, 0.4) is 0 Å². The van der Waals surface area contributed by atoms with Crippen LogP contribution in [0.2, 0.25) is 0 Å². The molecule has 12 heavy (non-hydrogen) atoms. The van der Waals surface area contributed by atoms with Gasteiger partial charge in [-0.3, -0.25) is 9.00 Å². The topological polar surface area (TPSA) is 34.1 Å². The van der Waals surface area contributed by atoms with Gasteiger partial charge >= 0.3 is 0 Å². The van der Waals surface area contributed by atoms with Gasteiger partial charge in [-0.1, -0.05) is 0 Å². The van der Waals surface area contributed by atoms with Gasteiger partial charge in [-0.25, -0.2) is 0 Å². The molecule has 2 unspecified atom stereocenters. The molecule has 1 heterocycles. The molecule has 0 aromatic carbocycles. The smallest absolute Gasteiger partial charge is 0.137 e. The minimum atomic E-state index is -0.691. The molecule has 0 radical (unpaired) electrons. The van der Waals surface area contributed by atoms with E-state index >= 15 is 0 Å². The van der Waals surface area contributed by atoms with Crippen LogP contribution in [0.1, 0.15) is 32.1 Å². The highest BCUT2D eigenvalue weighted by molar-refractivity contribution is 7.85. The van der Waals surface area contributed by atoms with Crippen molar-refractivity contribution in [2.45, 2.75) is 37.4 Å². The van der Waals surface area contributed by atoms with Crippen LogP contribution in [0.25, 0.3) is 0 Å². The second-order valence-corrected chi connectivity index (χ2v) is 5.63. The number of carbonyl (C=O) groups is 1. The Morgan fingerprint density at radius 2 is 2.08 bits per heavy atom. The van der Waals surface area contributed by atoms with Gasteiger partial charge in [0.1, 0.15) is 5.78 Å². The minimum absolute atomic E-state index is 0.207. The van der Waals surface area contributed by atoms with Crippen molar-refractivity contribution in [3.63, 3.8) is 0 Å². The van der Waals surface area contributed by atoms with E-state index in [1.165, 1.54) is 0 Å². The molecule has 1 saturated heterocycles. The maximum atomic E-state index is 11.4. The molecule has 0 amide bonds. The molecule has 1 saturated carbocycles. The maximum absolute atomic E-state index is 11.4. The monoisotopic (exact) mass is 186 g/mol. The summed E-state index contributed by atoms with van der Waals surface area (Å²) in [7, 11) is -0.691. The Balaban J connectivity index is 1.84. The van der Waals surface area contributed by atoms with Crippen molar-refractivity contribution in [2.75, 3.05) is 5.75 Å². The van der Waals surface area contributed by atoms with E-state index in [4.69, 9.17) is 0 Å². The second-order valence-electron chi connectivity index (χ2n) is 3.79. The van der Waals surface area contributed by atoms with Gasteiger partial charge in [-0.2, -0.15) is 0 Å². The van der Waals surface area contributed by atoms with Gasteiger partial charge in [0, 0.05) is 34.1 Å². The zero-order chi connectivity index (χ0) is 8.55. The van der Waals surface area contributed by atoms with Crippen LogP contribution in [0, 0.1) is 5.92 Å². The predicted octanol–water partition coefficient (Wildman–Crippen LogP) is 1.27. The van der Waals surface area contributed by atoms with Gasteiger partial charge in [0.25, 0.3) is 0 Å². The van der Waals surface area contributed by atoms with E-state index < -0.39 is 10.8 Å². The SMILES string of the molecule is O=C(CC1CCCS1=O)C1CC1. The highest BCUT2D eigenvalue weighted by Crippen LogP contribution is 2.33. The summed E-state index contributed by atoms with van der Waals surface area (Å²) in [5.41, 5.74) is 0. The molecule has 1 aliphatic carbocycles. The first-order valence-corrected chi connectivity index (χ1v) is 6.05. The lowest BCUT2D eigenvalue weighted by atomic mass is 10.1. The zero-order valence-corrected chi connectivity index (χ0v) is 7.94. The molecule has 0 aromatic rings. The first-order chi connectivity index (χ1) is 5.77. The molecular weight excluding hydrogens is 172 g/mol. The highest BCUT2D eigenvalue weighted by atomic mass is 32.2. The van der Waals surface area contributed by atoms with Crippen molar-refractivity contribution < 1.29 is 9.00 Å². The number of rotatable bonds is 3. The summed E-state index contributed by atoms with van der Waals surface area (Å²) >= 11 is 0. The minimum Gasteiger partial charge on any atom is -0.299 e. The first kappa shape index (κ1) is 8.42. The van der Waals surface area contributed by atoms with E-state index in [9.17, 15) is 9.00 Å². The van der Waals surface area contributed by atoms with Crippen LogP contribution < -0.4 is 0 Å². The van der Waals surface area contributed by atoms with Crippen molar-refractivity contribution in [1.82, 2.24) is 0 Å². The molecule has 68 valence electrons. The van der Waals surface area contributed by atoms with Crippen LogP contribution in [-0.4, -0.2) is 21.0 Å². The van der Waals surface area contributed by atoms with Crippen LogP contribution in [-0.2, 0) is 15.6 Å². The summed E-state index contributed by atoms with van der Waals surface area (Å²) < 4.78 is 11.3. The van der Waals surface area contributed by atoms with Crippen molar-refractivity contribution in [1.29, 1.82) is 0 Å².